The number of rotatable bonds is 2. The molecule has 1 amide bonds. The number of nitro benzene ring substituents is 1. The molecule has 0 bridgehead atoms. The predicted molar refractivity (Wildman–Crippen MR) is 55.7 cm³/mol. The molecule has 0 saturated heterocycles. The van der Waals surface area contributed by atoms with Crippen molar-refractivity contribution in [2.24, 2.45) is 0 Å². The second kappa shape index (κ2) is 3.65. The molecular formula is C10H8N2O4. The highest BCUT2D eigenvalue weighted by atomic mass is 16.6. The molecule has 2 rings (SSSR count). The van der Waals surface area contributed by atoms with Gasteiger partial charge < -0.3 is 10.4 Å². The number of carbonyl (C=O) groups is 1. The third-order valence-corrected chi connectivity index (χ3v) is 2.28. The summed E-state index contributed by atoms with van der Waals surface area (Å²) in [4.78, 5) is 21.4. The largest absolute Gasteiger partial charge is 0.510 e. The van der Waals surface area contributed by atoms with E-state index in [4.69, 9.17) is 0 Å². The first-order chi connectivity index (χ1) is 7.59. The second-order valence-electron chi connectivity index (χ2n) is 3.31. The smallest absolute Gasteiger partial charge is 0.270 e. The molecule has 6 nitrogen and oxygen atoms in total. The van der Waals surface area contributed by atoms with Crippen molar-refractivity contribution in [1.29, 1.82) is 0 Å². The van der Waals surface area contributed by atoms with Gasteiger partial charge in [-0.15, -0.1) is 0 Å². The summed E-state index contributed by atoms with van der Waals surface area (Å²) in [7, 11) is 0. The van der Waals surface area contributed by atoms with Crippen molar-refractivity contribution in [3.05, 3.63) is 45.7 Å². The zero-order valence-corrected chi connectivity index (χ0v) is 8.14. The fourth-order valence-electron chi connectivity index (χ4n) is 1.54. The van der Waals surface area contributed by atoms with E-state index in [-0.39, 0.29) is 23.6 Å². The summed E-state index contributed by atoms with van der Waals surface area (Å²) in [5, 5.41) is 22.5. The third-order valence-electron chi connectivity index (χ3n) is 2.28. The highest BCUT2D eigenvalue weighted by molar-refractivity contribution is 6.22. The van der Waals surface area contributed by atoms with Gasteiger partial charge in [0.15, 0.2) is 0 Å². The van der Waals surface area contributed by atoms with Crippen molar-refractivity contribution in [2.45, 2.75) is 0 Å². The molecule has 2 N–H and O–H groups in total. The number of hydrogen-bond acceptors (Lipinski definition) is 4. The number of carbonyl (C=O) groups excluding carboxylic acids is 1. The molecule has 1 aliphatic rings. The maximum Gasteiger partial charge on any atom is 0.270 e. The quantitative estimate of drug-likeness (QED) is 0.574. The zero-order valence-electron chi connectivity index (χ0n) is 8.14. The van der Waals surface area contributed by atoms with Gasteiger partial charge in [-0.25, -0.2) is 0 Å². The van der Waals surface area contributed by atoms with E-state index in [0.29, 0.717) is 5.56 Å². The van der Waals surface area contributed by atoms with Gasteiger partial charge in [-0.3, -0.25) is 14.9 Å². The van der Waals surface area contributed by atoms with Crippen molar-refractivity contribution >= 4 is 17.2 Å². The van der Waals surface area contributed by atoms with E-state index in [1.807, 2.05) is 0 Å². The van der Waals surface area contributed by atoms with Crippen LogP contribution in [-0.4, -0.2) is 22.5 Å². The molecule has 0 unspecified atom stereocenters. The van der Waals surface area contributed by atoms with Crippen LogP contribution in [0.15, 0.2) is 30.0 Å². The summed E-state index contributed by atoms with van der Waals surface area (Å²) in [6.07, 6.45) is 0. The van der Waals surface area contributed by atoms with E-state index in [9.17, 15) is 20.0 Å². The number of aliphatic hydroxyl groups excluding tert-OH is 1. The van der Waals surface area contributed by atoms with Crippen molar-refractivity contribution in [3.8, 4) is 0 Å². The maximum absolute atomic E-state index is 11.4. The first-order valence-corrected chi connectivity index (χ1v) is 4.54. The van der Waals surface area contributed by atoms with Crippen LogP contribution in [-0.2, 0) is 4.79 Å². The van der Waals surface area contributed by atoms with Gasteiger partial charge >= 0.3 is 0 Å². The minimum atomic E-state index is -0.548. The Balaban J connectivity index is 2.49. The molecule has 1 aromatic rings. The average Bonchev–Trinajstić information content (AvgIpc) is 2.59. The van der Waals surface area contributed by atoms with Gasteiger partial charge in [0.2, 0.25) is 0 Å². The predicted octanol–water partition coefficient (Wildman–Crippen LogP) is 0.994. The van der Waals surface area contributed by atoms with Crippen LogP contribution in [0.25, 0.3) is 5.57 Å². The number of non-ortho nitro benzene ring substituents is 1. The van der Waals surface area contributed by atoms with Crippen LogP contribution < -0.4 is 5.32 Å². The molecule has 1 aliphatic heterocycles. The van der Waals surface area contributed by atoms with Crippen LogP contribution in [0.1, 0.15) is 5.56 Å². The number of nitrogens with one attached hydrogen (secondary N) is 1. The van der Waals surface area contributed by atoms with Crippen molar-refractivity contribution in [2.75, 3.05) is 6.54 Å². The van der Waals surface area contributed by atoms with Gasteiger partial charge in [0.25, 0.3) is 11.6 Å². The lowest BCUT2D eigenvalue weighted by Crippen LogP contribution is -2.17. The standard InChI is InChI=1S/C10H8N2O4/c13-8-5-11-10(14)9(8)6-2-1-3-7(4-6)12(15)16/h1-4,13H,5H2,(H,11,14). The summed E-state index contributed by atoms with van der Waals surface area (Å²) in [6.45, 7) is 0.0663. The first kappa shape index (κ1) is 10.2. The molecule has 1 aromatic carbocycles. The van der Waals surface area contributed by atoms with E-state index in [1.54, 1.807) is 6.07 Å². The number of nitrogens with zero attached hydrogens (tertiary/aromatic N) is 1. The van der Waals surface area contributed by atoms with Gasteiger partial charge in [-0.05, 0) is 5.56 Å². The molecule has 0 atom stereocenters. The Labute approximate surface area is 90.4 Å². The Kier molecular flexibility index (Phi) is 2.32. The van der Waals surface area contributed by atoms with Crippen LogP contribution in [0.2, 0.25) is 0 Å². The van der Waals surface area contributed by atoms with Crippen LogP contribution in [0.3, 0.4) is 0 Å². The fourth-order valence-corrected chi connectivity index (χ4v) is 1.54. The molecule has 0 radical (unpaired) electrons. The van der Waals surface area contributed by atoms with Crippen molar-refractivity contribution < 1.29 is 14.8 Å². The molecule has 16 heavy (non-hydrogen) atoms. The molecule has 0 spiro atoms. The van der Waals surface area contributed by atoms with E-state index < -0.39 is 10.8 Å². The molecule has 0 aromatic heterocycles. The van der Waals surface area contributed by atoms with Crippen LogP contribution in [0, 0.1) is 10.1 Å². The van der Waals surface area contributed by atoms with Crippen molar-refractivity contribution in [3.63, 3.8) is 0 Å². The van der Waals surface area contributed by atoms with E-state index in [0.717, 1.165) is 0 Å². The Bertz CT molecular complexity index is 507. The lowest BCUT2D eigenvalue weighted by Gasteiger charge is -2.00. The normalized spacial score (nSPS) is 15.1. The van der Waals surface area contributed by atoms with Gasteiger partial charge in [-0.2, -0.15) is 0 Å². The van der Waals surface area contributed by atoms with Gasteiger partial charge in [-0.1, -0.05) is 12.1 Å². The van der Waals surface area contributed by atoms with Gasteiger partial charge in [0.05, 0.1) is 17.0 Å². The first-order valence-electron chi connectivity index (χ1n) is 4.54. The Hall–Kier alpha value is -2.37. The summed E-state index contributed by atoms with van der Waals surface area (Å²) < 4.78 is 0. The van der Waals surface area contributed by atoms with E-state index in [2.05, 4.69) is 5.32 Å². The summed E-state index contributed by atoms with van der Waals surface area (Å²) in [6, 6.07) is 5.60. The fraction of sp³-hybridized carbons (Fsp3) is 0.100. The minimum absolute atomic E-state index is 0.0663. The highest BCUT2D eigenvalue weighted by Crippen LogP contribution is 2.24. The maximum atomic E-state index is 11.4. The highest BCUT2D eigenvalue weighted by Gasteiger charge is 2.24. The minimum Gasteiger partial charge on any atom is -0.510 e. The van der Waals surface area contributed by atoms with E-state index >= 15 is 0 Å². The van der Waals surface area contributed by atoms with Gasteiger partial charge in [0, 0.05) is 12.1 Å². The molecular weight excluding hydrogens is 212 g/mol. The Morgan fingerprint density at radius 2 is 2.19 bits per heavy atom. The van der Waals surface area contributed by atoms with Crippen LogP contribution in [0.5, 0.6) is 0 Å². The number of benzene rings is 1. The number of amides is 1. The SMILES string of the molecule is O=C1NCC(O)=C1c1cccc([N+](=O)[O-])c1. The summed E-state index contributed by atoms with van der Waals surface area (Å²) in [5.41, 5.74) is 0.336. The van der Waals surface area contributed by atoms with Crippen LogP contribution >= 0.6 is 0 Å². The molecule has 6 heteroatoms. The topological polar surface area (TPSA) is 92.5 Å². The molecule has 82 valence electrons. The second-order valence-corrected chi connectivity index (χ2v) is 3.31. The molecule has 0 fully saturated rings. The Morgan fingerprint density at radius 1 is 1.44 bits per heavy atom. The molecule has 1 heterocycles. The van der Waals surface area contributed by atoms with Crippen molar-refractivity contribution in [1.82, 2.24) is 5.32 Å². The number of aliphatic hydroxyl groups is 1. The summed E-state index contributed by atoms with van der Waals surface area (Å²) in [5.74, 6) is -0.511. The van der Waals surface area contributed by atoms with Crippen LogP contribution in [0.4, 0.5) is 5.69 Å². The lowest BCUT2D eigenvalue weighted by atomic mass is 10.1. The van der Waals surface area contributed by atoms with E-state index in [1.165, 1.54) is 18.2 Å². The zero-order chi connectivity index (χ0) is 11.7. The number of hydrogen-bond donors (Lipinski definition) is 2. The average molecular weight is 220 g/mol. The molecule has 0 saturated carbocycles. The van der Waals surface area contributed by atoms with Gasteiger partial charge in [0.1, 0.15) is 5.76 Å². The molecule has 0 aliphatic carbocycles. The number of nitro groups is 1. The summed E-state index contributed by atoms with van der Waals surface area (Å²) >= 11 is 0. The Morgan fingerprint density at radius 3 is 2.75 bits per heavy atom. The monoisotopic (exact) mass is 220 g/mol. The lowest BCUT2D eigenvalue weighted by molar-refractivity contribution is -0.384. The third kappa shape index (κ3) is 1.60.